The number of ether oxygens (including phenoxy) is 2. The number of hydrogen-bond acceptors (Lipinski definition) is 8. The van der Waals surface area contributed by atoms with E-state index in [-0.39, 0.29) is 35.2 Å². The average molecular weight is 593 g/mol. The van der Waals surface area contributed by atoms with Crippen LogP contribution in [0.15, 0.2) is 23.8 Å². The quantitative estimate of drug-likeness (QED) is 0.247. The summed E-state index contributed by atoms with van der Waals surface area (Å²) >= 11 is 0. The summed E-state index contributed by atoms with van der Waals surface area (Å²) < 4.78 is 11.8. The maximum absolute atomic E-state index is 12.6. The van der Waals surface area contributed by atoms with Crippen molar-refractivity contribution in [3.63, 3.8) is 0 Å². The number of fused-ring (bicyclic) bond motifs is 5. The Morgan fingerprint density at radius 3 is 2.43 bits per heavy atom. The predicted octanol–water partition coefficient (Wildman–Crippen LogP) is 3.46. The maximum Gasteiger partial charge on any atom is 0.186 e. The molecular weight excluding hydrogens is 536 g/mol. The highest BCUT2D eigenvalue weighted by molar-refractivity contribution is 5.33. The van der Waals surface area contributed by atoms with Crippen molar-refractivity contribution < 1.29 is 40.1 Å². The number of aliphatic hydroxyl groups excluding tert-OH is 5. The minimum absolute atomic E-state index is 0.0576. The summed E-state index contributed by atoms with van der Waals surface area (Å²) in [5.74, 6) is 0.721. The summed E-state index contributed by atoms with van der Waals surface area (Å²) in [7, 11) is 0. The maximum atomic E-state index is 12.6. The lowest BCUT2D eigenvalue weighted by Gasteiger charge is -2.64. The van der Waals surface area contributed by atoms with Gasteiger partial charge in [-0.3, -0.25) is 0 Å². The molecule has 2 unspecified atom stereocenters. The van der Waals surface area contributed by atoms with Gasteiger partial charge in [0.1, 0.15) is 23.9 Å². The van der Waals surface area contributed by atoms with Crippen molar-refractivity contribution >= 4 is 0 Å². The molecule has 4 aliphatic carbocycles. The van der Waals surface area contributed by atoms with Crippen LogP contribution in [0.2, 0.25) is 0 Å². The molecule has 1 saturated heterocycles. The molecule has 240 valence electrons. The van der Waals surface area contributed by atoms with Gasteiger partial charge in [-0.2, -0.15) is 0 Å². The molecule has 1 heterocycles. The van der Waals surface area contributed by atoms with Crippen LogP contribution in [-0.4, -0.2) is 85.3 Å². The molecule has 4 fully saturated rings. The summed E-state index contributed by atoms with van der Waals surface area (Å²) in [6.07, 6.45) is 0.307. The van der Waals surface area contributed by atoms with E-state index in [2.05, 4.69) is 47.3 Å². The van der Waals surface area contributed by atoms with Gasteiger partial charge >= 0.3 is 0 Å². The van der Waals surface area contributed by atoms with Crippen molar-refractivity contribution in [1.29, 1.82) is 0 Å². The van der Waals surface area contributed by atoms with Gasteiger partial charge in [-0.15, -0.1) is 0 Å². The molecule has 0 spiro atoms. The zero-order valence-electron chi connectivity index (χ0n) is 26.4. The molecular formula is C34H56O8. The second-order valence-corrected chi connectivity index (χ2v) is 15.4. The third-order valence-electron chi connectivity index (χ3n) is 12.8. The number of hydrogen-bond donors (Lipinski definition) is 6. The Hall–Kier alpha value is -0.840. The summed E-state index contributed by atoms with van der Waals surface area (Å²) in [6, 6.07) is 0. The first-order valence-corrected chi connectivity index (χ1v) is 16.4. The van der Waals surface area contributed by atoms with Crippen LogP contribution >= 0.6 is 0 Å². The van der Waals surface area contributed by atoms with Gasteiger partial charge in [-0.1, -0.05) is 58.4 Å². The highest BCUT2D eigenvalue weighted by Gasteiger charge is 2.70. The molecule has 0 bridgehead atoms. The van der Waals surface area contributed by atoms with Gasteiger partial charge in [0.25, 0.3) is 0 Å². The van der Waals surface area contributed by atoms with Crippen LogP contribution < -0.4 is 0 Å². The molecule has 3 saturated carbocycles. The van der Waals surface area contributed by atoms with Gasteiger partial charge < -0.3 is 40.1 Å². The van der Waals surface area contributed by atoms with Crippen LogP contribution in [0, 0.1) is 40.4 Å². The monoisotopic (exact) mass is 592 g/mol. The van der Waals surface area contributed by atoms with E-state index < -0.39 is 53.9 Å². The second-order valence-electron chi connectivity index (χ2n) is 15.4. The molecule has 5 aliphatic rings. The first-order chi connectivity index (χ1) is 19.6. The SMILES string of the molecule is C=C(CC[C@@H](C)[C@H]1[C@@H](O)CC2C3CC=C4C[C@@H](O[C@@H]5O[C@@H](C)[C@@H](O)[C@@H](O)[C@@H]5O)CC[C@]4(C)[C@@]3(O)[C@H](O)C[C@@]21C)C(C)C. The molecule has 0 amide bonds. The van der Waals surface area contributed by atoms with Crippen LogP contribution in [0.1, 0.15) is 92.9 Å². The van der Waals surface area contributed by atoms with Crippen molar-refractivity contribution in [2.45, 2.75) is 148 Å². The Labute approximate surface area is 251 Å². The third-order valence-corrected chi connectivity index (χ3v) is 12.8. The minimum atomic E-state index is -1.36. The largest absolute Gasteiger partial charge is 0.393 e. The van der Waals surface area contributed by atoms with E-state index in [1.54, 1.807) is 6.92 Å². The molecule has 0 radical (unpaired) electrons. The van der Waals surface area contributed by atoms with E-state index in [1.807, 2.05) is 0 Å². The molecule has 42 heavy (non-hydrogen) atoms. The lowest BCUT2D eigenvalue weighted by atomic mass is 9.43. The zero-order chi connectivity index (χ0) is 30.9. The molecule has 6 N–H and O–H groups in total. The van der Waals surface area contributed by atoms with Gasteiger partial charge in [0.05, 0.1) is 24.4 Å². The van der Waals surface area contributed by atoms with E-state index in [0.717, 1.165) is 18.4 Å². The fourth-order valence-electron chi connectivity index (χ4n) is 10.1. The summed E-state index contributed by atoms with van der Waals surface area (Å²) in [5.41, 5.74) is 0.0578. The Bertz CT molecular complexity index is 1040. The van der Waals surface area contributed by atoms with Crippen molar-refractivity contribution in [2.24, 2.45) is 40.4 Å². The standard InChI is InChI=1S/C34H56O8/c1-17(2)18(3)8-9-19(4)27-25(35)15-24-23-11-10-21-14-22(42-31-30(39)29(38)28(37)20(5)41-31)12-13-33(21,7)34(23,40)26(36)16-32(24,27)6/h10,17,19-20,22-31,35-40H,3,8-9,11-16H2,1-2,4-7H3/t19-,20+,22+,23?,24?,25+,26-,27+,28-,29-,30+,31+,32+,33+,34+/m1/s1. The van der Waals surface area contributed by atoms with Gasteiger partial charge in [0.2, 0.25) is 0 Å². The summed E-state index contributed by atoms with van der Waals surface area (Å²) in [6.45, 7) is 16.8. The van der Waals surface area contributed by atoms with Gasteiger partial charge in [-0.25, -0.2) is 0 Å². The highest BCUT2D eigenvalue weighted by atomic mass is 16.7. The van der Waals surface area contributed by atoms with Crippen molar-refractivity contribution in [3.8, 4) is 0 Å². The fraction of sp³-hybridized carbons (Fsp3) is 0.882. The molecule has 5 rings (SSSR count). The minimum Gasteiger partial charge on any atom is -0.393 e. The molecule has 0 aromatic heterocycles. The first kappa shape index (κ1) is 32.6. The van der Waals surface area contributed by atoms with E-state index in [4.69, 9.17) is 9.47 Å². The van der Waals surface area contributed by atoms with E-state index in [1.165, 1.54) is 5.57 Å². The normalized spacial score (nSPS) is 51.4. The Balaban J connectivity index is 1.34. The van der Waals surface area contributed by atoms with E-state index >= 15 is 0 Å². The number of allylic oxidation sites excluding steroid dienone is 2. The van der Waals surface area contributed by atoms with Gasteiger partial charge in [0.15, 0.2) is 6.29 Å². The molecule has 0 aromatic carbocycles. The smallest absolute Gasteiger partial charge is 0.186 e. The van der Waals surface area contributed by atoms with Gasteiger partial charge in [0, 0.05) is 5.41 Å². The van der Waals surface area contributed by atoms with Crippen LogP contribution in [0.25, 0.3) is 0 Å². The van der Waals surface area contributed by atoms with Gasteiger partial charge in [-0.05, 0) is 93.3 Å². The molecule has 8 nitrogen and oxygen atoms in total. The first-order valence-electron chi connectivity index (χ1n) is 16.4. The van der Waals surface area contributed by atoms with Crippen LogP contribution in [0.3, 0.4) is 0 Å². The van der Waals surface area contributed by atoms with Crippen molar-refractivity contribution in [1.82, 2.24) is 0 Å². The van der Waals surface area contributed by atoms with E-state index in [9.17, 15) is 30.6 Å². The Morgan fingerprint density at radius 2 is 1.76 bits per heavy atom. The summed E-state index contributed by atoms with van der Waals surface area (Å²) in [5, 5.41) is 66.7. The summed E-state index contributed by atoms with van der Waals surface area (Å²) in [4.78, 5) is 0. The Morgan fingerprint density at radius 1 is 1.07 bits per heavy atom. The van der Waals surface area contributed by atoms with Crippen LogP contribution in [-0.2, 0) is 9.47 Å². The van der Waals surface area contributed by atoms with E-state index in [0.29, 0.717) is 44.4 Å². The topological polar surface area (TPSA) is 140 Å². The molecule has 0 aromatic rings. The second kappa shape index (κ2) is 11.5. The third kappa shape index (κ3) is 4.97. The number of aliphatic hydroxyl groups is 6. The lowest BCUT2D eigenvalue weighted by molar-refractivity contribution is -0.308. The molecule has 1 aliphatic heterocycles. The lowest BCUT2D eigenvalue weighted by Crippen LogP contribution is -2.69. The zero-order valence-corrected chi connectivity index (χ0v) is 26.4. The fourth-order valence-corrected chi connectivity index (χ4v) is 10.1. The number of rotatable bonds is 7. The van der Waals surface area contributed by atoms with Crippen molar-refractivity contribution in [3.05, 3.63) is 23.8 Å². The van der Waals surface area contributed by atoms with Crippen LogP contribution in [0.5, 0.6) is 0 Å². The van der Waals surface area contributed by atoms with Crippen LogP contribution in [0.4, 0.5) is 0 Å². The Kier molecular flexibility index (Phi) is 8.92. The predicted molar refractivity (Wildman–Crippen MR) is 159 cm³/mol. The molecule has 15 atom stereocenters. The van der Waals surface area contributed by atoms with Crippen molar-refractivity contribution in [2.75, 3.05) is 0 Å². The molecule has 8 heteroatoms. The average Bonchev–Trinajstić information content (AvgIpc) is 3.19. The highest BCUT2D eigenvalue weighted by Crippen LogP contribution is 2.69.